The first-order chi connectivity index (χ1) is 13.0. The number of rotatable bonds is 4. The Balaban J connectivity index is 0.00000280. The summed E-state index contributed by atoms with van der Waals surface area (Å²) in [6.45, 7) is 7.28. The van der Waals surface area contributed by atoms with Gasteiger partial charge in [-0.05, 0) is 31.0 Å². The van der Waals surface area contributed by atoms with Crippen molar-refractivity contribution >= 4 is 29.8 Å². The number of urea groups is 1. The minimum Gasteiger partial charge on any atom is -0.497 e. The normalized spacial score (nSPS) is 13.6. The molecule has 2 aromatic carbocycles. The van der Waals surface area contributed by atoms with E-state index in [1.54, 1.807) is 32.4 Å². The highest BCUT2D eigenvalue weighted by Gasteiger charge is 2.22. The third kappa shape index (κ3) is 4.81. The molecule has 1 aliphatic heterocycles. The second kappa shape index (κ2) is 9.55. The number of benzene rings is 2. The molecule has 7 heteroatoms. The maximum absolute atomic E-state index is 12.6. The molecule has 1 fully saturated rings. The molecule has 1 saturated heterocycles. The molecule has 1 heterocycles. The van der Waals surface area contributed by atoms with Crippen LogP contribution < -0.4 is 19.7 Å². The zero-order valence-electron chi connectivity index (χ0n) is 16.8. The van der Waals surface area contributed by atoms with E-state index in [0.717, 1.165) is 13.1 Å². The minimum absolute atomic E-state index is 0. The van der Waals surface area contributed by atoms with Crippen molar-refractivity contribution in [3.05, 3.63) is 47.5 Å². The number of aryl methyl sites for hydroxylation is 1. The SMILES string of the molecule is COc1cc(NC(=O)N2CCN(c3cccc(C)c3C)CC2)cc(OC)c1.Cl. The van der Waals surface area contributed by atoms with Gasteiger partial charge in [-0.15, -0.1) is 12.4 Å². The first kappa shape index (κ1) is 21.7. The third-order valence-electron chi connectivity index (χ3n) is 5.09. The summed E-state index contributed by atoms with van der Waals surface area (Å²) in [6, 6.07) is 11.6. The summed E-state index contributed by atoms with van der Waals surface area (Å²) >= 11 is 0. The van der Waals surface area contributed by atoms with Crippen molar-refractivity contribution < 1.29 is 14.3 Å². The van der Waals surface area contributed by atoms with E-state index in [-0.39, 0.29) is 18.4 Å². The maximum Gasteiger partial charge on any atom is 0.321 e. The summed E-state index contributed by atoms with van der Waals surface area (Å²) in [4.78, 5) is 16.8. The first-order valence-corrected chi connectivity index (χ1v) is 9.12. The highest BCUT2D eigenvalue weighted by molar-refractivity contribution is 5.90. The Bertz CT molecular complexity index is 798. The molecular weight excluding hydrogens is 378 g/mol. The monoisotopic (exact) mass is 405 g/mol. The number of piperazine rings is 1. The fourth-order valence-electron chi connectivity index (χ4n) is 3.31. The van der Waals surface area contributed by atoms with E-state index in [0.29, 0.717) is 30.3 Å². The summed E-state index contributed by atoms with van der Waals surface area (Å²) in [6.07, 6.45) is 0. The summed E-state index contributed by atoms with van der Waals surface area (Å²) in [7, 11) is 3.18. The van der Waals surface area contributed by atoms with Crippen molar-refractivity contribution in [1.82, 2.24) is 4.90 Å². The Hall–Kier alpha value is -2.60. The van der Waals surface area contributed by atoms with Gasteiger partial charge < -0.3 is 24.6 Å². The lowest BCUT2D eigenvalue weighted by Crippen LogP contribution is -2.50. The van der Waals surface area contributed by atoms with Crippen LogP contribution in [0.15, 0.2) is 36.4 Å². The van der Waals surface area contributed by atoms with Crippen LogP contribution in [0.3, 0.4) is 0 Å². The molecule has 1 aliphatic rings. The highest BCUT2D eigenvalue weighted by Crippen LogP contribution is 2.27. The summed E-state index contributed by atoms with van der Waals surface area (Å²) in [5.74, 6) is 1.29. The molecule has 0 aromatic heterocycles. The molecule has 0 saturated carbocycles. The van der Waals surface area contributed by atoms with Crippen molar-refractivity contribution in [2.75, 3.05) is 50.6 Å². The second-order valence-corrected chi connectivity index (χ2v) is 6.72. The van der Waals surface area contributed by atoms with Crippen LogP contribution in [0.1, 0.15) is 11.1 Å². The molecule has 0 bridgehead atoms. The van der Waals surface area contributed by atoms with Crippen LogP contribution in [0.5, 0.6) is 11.5 Å². The van der Waals surface area contributed by atoms with Gasteiger partial charge in [0.05, 0.1) is 14.2 Å². The number of halogens is 1. The van der Waals surface area contributed by atoms with Crippen molar-refractivity contribution in [3.63, 3.8) is 0 Å². The molecule has 1 N–H and O–H groups in total. The van der Waals surface area contributed by atoms with E-state index in [2.05, 4.69) is 42.3 Å². The van der Waals surface area contributed by atoms with E-state index in [1.807, 2.05) is 4.90 Å². The molecule has 0 atom stereocenters. The molecular formula is C21H28ClN3O3. The van der Waals surface area contributed by atoms with Crippen LogP contribution in [0.2, 0.25) is 0 Å². The second-order valence-electron chi connectivity index (χ2n) is 6.72. The number of carbonyl (C=O) groups is 1. The maximum atomic E-state index is 12.6. The van der Waals surface area contributed by atoms with E-state index < -0.39 is 0 Å². The number of ether oxygens (including phenoxy) is 2. The van der Waals surface area contributed by atoms with Crippen LogP contribution in [0, 0.1) is 13.8 Å². The topological polar surface area (TPSA) is 54.0 Å². The van der Waals surface area contributed by atoms with Crippen molar-refractivity contribution in [1.29, 1.82) is 0 Å². The Morgan fingerprint density at radius 3 is 2.14 bits per heavy atom. The van der Waals surface area contributed by atoms with E-state index in [4.69, 9.17) is 9.47 Å². The van der Waals surface area contributed by atoms with E-state index in [9.17, 15) is 4.79 Å². The number of anilines is 2. The lowest BCUT2D eigenvalue weighted by Gasteiger charge is -2.37. The largest absolute Gasteiger partial charge is 0.497 e. The lowest BCUT2D eigenvalue weighted by atomic mass is 10.1. The van der Waals surface area contributed by atoms with Crippen molar-refractivity contribution in [2.24, 2.45) is 0 Å². The van der Waals surface area contributed by atoms with Gasteiger partial charge in [-0.1, -0.05) is 12.1 Å². The molecule has 0 aliphatic carbocycles. The molecule has 2 aromatic rings. The zero-order chi connectivity index (χ0) is 19.4. The summed E-state index contributed by atoms with van der Waals surface area (Å²) in [5, 5.41) is 2.94. The van der Waals surface area contributed by atoms with Crippen LogP contribution in [-0.2, 0) is 0 Å². The quantitative estimate of drug-likeness (QED) is 0.832. The van der Waals surface area contributed by atoms with Gasteiger partial charge in [0.15, 0.2) is 0 Å². The van der Waals surface area contributed by atoms with Gasteiger partial charge in [-0.25, -0.2) is 4.79 Å². The Morgan fingerprint density at radius 1 is 0.964 bits per heavy atom. The smallest absolute Gasteiger partial charge is 0.321 e. The van der Waals surface area contributed by atoms with Gasteiger partial charge in [0.1, 0.15) is 11.5 Å². The standard InChI is InChI=1S/C21H27N3O3.ClH/c1-15-6-5-7-20(16(15)2)23-8-10-24(11-9-23)21(25)22-17-12-18(26-3)14-19(13-17)27-4;/h5-7,12-14H,8-11H2,1-4H3,(H,22,25);1H. The van der Waals surface area contributed by atoms with Gasteiger partial charge in [0, 0.05) is 55.8 Å². The number of nitrogens with zero attached hydrogens (tertiary/aromatic N) is 2. The van der Waals surface area contributed by atoms with Gasteiger partial charge >= 0.3 is 6.03 Å². The Labute approximate surface area is 172 Å². The number of carbonyl (C=O) groups excluding carboxylic acids is 1. The fraction of sp³-hybridized carbons (Fsp3) is 0.381. The van der Waals surface area contributed by atoms with E-state index >= 15 is 0 Å². The van der Waals surface area contributed by atoms with Crippen molar-refractivity contribution in [3.8, 4) is 11.5 Å². The Kier molecular flexibility index (Phi) is 7.40. The first-order valence-electron chi connectivity index (χ1n) is 9.12. The number of hydrogen-bond donors (Lipinski definition) is 1. The van der Waals surface area contributed by atoms with Crippen molar-refractivity contribution in [2.45, 2.75) is 13.8 Å². The lowest BCUT2D eigenvalue weighted by molar-refractivity contribution is 0.208. The molecule has 28 heavy (non-hydrogen) atoms. The number of hydrogen-bond acceptors (Lipinski definition) is 4. The molecule has 0 radical (unpaired) electrons. The summed E-state index contributed by atoms with van der Waals surface area (Å²) in [5.41, 5.74) is 4.51. The van der Waals surface area contributed by atoms with Gasteiger partial charge in [-0.3, -0.25) is 0 Å². The predicted molar refractivity (Wildman–Crippen MR) is 116 cm³/mol. The minimum atomic E-state index is -0.106. The average molecular weight is 406 g/mol. The van der Waals surface area contributed by atoms with Crippen LogP contribution in [0.25, 0.3) is 0 Å². The van der Waals surface area contributed by atoms with Crippen LogP contribution in [-0.4, -0.2) is 51.3 Å². The number of amides is 2. The molecule has 0 spiro atoms. The van der Waals surface area contributed by atoms with Gasteiger partial charge in [0.25, 0.3) is 0 Å². The van der Waals surface area contributed by atoms with Crippen LogP contribution >= 0.6 is 12.4 Å². The molecule has 0 unspecified atom stereocenters. The molecule has 2 amide bonds. The number of nitrogens with one attached hydrogen (secondary N) is 1. The van der Waals surface area contributed by atoms with Gasteiger partial charge in [-0.2, -0.15) is 0 Å². The average Bonchev–Trinajstić information content (AvgIpc) is 2.69. The van der Waals surface area contributed by atoms with Gasteiger partial charge in [0.2, 0.25) is 0 Å². The molecule has 3 rings (SSSR count). The summed E-state index contributed by atoms with van der Waals surface area (Å²) < 4.78 is 10.5. The zero-order valence-corrected chi connectivity index (χ0v) is 17.6. The third-order valence-corrected chi connectivity index (χ3v) is 5.09. The highest BCUT2D eigenvalue weighted by atomic mass is 35.5. The fourth-order valence-corrected chi connectivity index (χ4v) is 3.31. The Morgan fingerprint density at radius 2 is 1.57 bits per heavy atom. The predicted octanol–water partition coefficient (Wildman–Crippen LogP) is 4.10. The molecule has 152 valence electrons. The number of methoxy groups -OCH3 is 2. The van der Waals surface area contributed by atoms with E-state index in [1.165, 1.54) is 16.8 Å². The van der Waals surface area contributed by atoms with Crippen LogP contribution in [0.4, 0.5) is 16.2 Å². The molecule has 6 nitrogen and oxygen atoms in total.